The number of ketones is 1. The van der Waals surface area contributed by atoms with Crippen LogP contribution >= 0.6 is 0 Å². The second kappa shape index (κ2) is 7.89. The van der Waals surface area contributed by atoms with Gasteiger partial charge in [-0.25, -0.2) is 0 Å². The van der Waals surface area contributed by atoms with Crippen LogP contribution in [0.1, 0.15) is 27.4 Å². The number of carbonyl (C=O) groups is 2. The predicted octanol–water partition coefficient (Wildman–Crippen LogP) is 3.53. The Bertz CT molecular complexity index is 1120. The van der Waals surface area contributed by atoms with Gasteiger partial charge in [0.1, 0.15) is 11.5 Å². The summed E-state index contributed by atoms with van der Waals surface area (Å²) in [6, 6.07) is 20.5. The fraction of sp³-hybridized carbons (Fsp3) is 0.200. The van der Waals surface area contributed by atoms with Crippen molar-refractivity contribution >= 4 is 17.4 Å². The molecular formula is C25H23NO5. The minimum atomic E-state index is -2.04. The van der Waals surface area contributed by atoms with Crippen molar-refractivity contribution in [2.24, 2.45) is 0 Å². The topological polar surface area (TPSA) is 76.1 Å². The maximum Gasteiger partial charge on any atom is 0.264 e. The first-order chi connectivity index (χ1) is 14.9. The van der Waals surface area contributed by atoms with Crippen molar-refractivity contribution in [1.82, 2.24) is 0 Å². The highest BCUT2D eigenvalue weighted by molar-refractivity contribution is 6.13. The van der Waals surface area contributed by atoms with Crippen LogP contribution in [0.3, 0.4) is 0 Å². The summed E-state index contributed by atoms with van der Waals surface area (Å²) >= 11 is 0. The van der Waals surface area contributed by atoms with E-state index in [1.54, 1.807) is 94.1 Å². The molecule has 6 heteroatoms. The van der Waals surface area contributed by atoms with E-state index in [1.165, 1.54) is 4.90 Å². The van der Waals surface area contributed by atoms with Crippen molar-refractivity contribution in [3.63, 3.8) is 0 Å². The van der Waals surface area contributed by atoms with Crippen LogP contribution in [0.25, 0.3) is 0 Å². The Balaban J connectivity index is 1.90. The molecule has 3 aromatic rings. The molecular weight excluding hydrogens is 394 g/mol. The number of amides is 1. The summed E-state index contributed by atoms with van der Waals surface area (Å²) in [5.41, 5.74) is -0.171. The minimum absolute atomic E-state index is 0.367. The summed E-state index contributed by atoms with van der Waals surface area (Å²) in [7, 11) is 4.69. The smallest absolute Gasteiger partial charge is 0.264 e. The molecule has 0 aromatic heterocycles. The molecule has 1 N–H and O–H groups in total. The monoisotopic (exact) mass is 417 g/mol. The molecule has 1 aliphatic rings. The minimum Gasteiger partial charge on any atom is -0.497 e. The Labute approximate surface area is 180 Å². The predicted molar refractivity (Wildman–Crippen MR) is 117 cm³/mol. The van der Waals surface area contributed by atoms with Crippen molar-refractivity contribution in [3.8, 4) is 11.5 Å². The van der Waals surface area contributed by atoms with E-state index in [1.807, 2.05) is 0 Å². The zero-order valence-electron chi connectivity index (χ0n) is 17.5. The fourth-order valence-electron chi connectivity index (χ4n) is 4.15. The first-order valence-electron chi connectivity index (χ1n) is 9.84. The molecule has 1 amide bonds. The van der Waals surface area contributed by atoms with Gasteiger partial charge in [0, 0.05) is 18.2 Å². The van der Waals surface area contributed by atoms with Gasteiger partial charge in [-0.05, 0) is 48.0 Å². The van der Waals surface area contributed by atoms with Crippen molar-refractivity contribution in [2.45, 2.75) is 11.5 Å². The standard InChI is InChI=1S/C25H23NO5/c1-26-21-7-5-4-6-20(21)25(29,24(26)28)22(16-8-12-18(30-2)13-9-16)23(27)17-10-14-19(31-3)15-11-17/h4-15,22,29H,1-3H3/t22-,25-/m0/s1. The normalized spacial score (nSPS) is 18.5. The van der Waals surface area contributed by atoms with Crippen LogP contribution in [0.2, 0.25) is 0 Å². The van der Waals surface area contributed by atoms with Crippen molar-refractivity contribution < 1.29 is 24.2 Å². The average Bonchev–Trinajstić information content (AvgIpc) is 3.01. The van der Waals surface area contributed by atoms with Crippen LogP contribution in [0.15, 0.2) is 72.8 Å². The highest BCUT2D eigenvalue weighted by atomic mass is 16.5. The van der Waals surface area contributed by atoms with E-state index in [2.05, 4.69) is 0 Å². The molecule has 0 unspecified atom stereocenters. The third-order valence-corrected chi connectivity index (χ3v) is 5.81. The highest BCUT2D eigenvalue weighted by Crippen LogP contribution is 2.49. The van der Waals surface area contributed by atoms with Gasteiger partial charge >= 0.3 is 0 Å². The number of fused-ring (bicyclic) bond motifs is 1. The summed E-state index contributed by atoms with van der Waals surface area (Å²) in [5, 5.41) is 11.9. The quantitative estimate of drug-likeness (QED) is 0.621. The lowest BCUT2D eigenvalue weighted by Crippen LogP contribution is -2.46. The van der Waals surface area contributed by atoms with Crippen LogP contribution < -0.4 is 14.4 Å². The number of likely N-dealkylation sites (N-methyl/N-ethyl adjacent to an activating group) is 1. The van der Waals surface area contributed by atoms with E-state index < -0.39 is 17.4 Å². The Morgan fingerprint density at radius 3 is 2.03 bits per heavy atom. The van der Waals surface area contributed by atoms with Gasteiger partial charge in [0.15, 0.2) is 11.4 Å². The third-order valence-electron chi connectivity index (χ3n) is 5.81. The fourth-order valence-corrected chi connectivity index (χ4v) is 4.15. The Morgan fingerprint density at radius 2 is 1.45 bits per heavy atom. The Kier molecular flexibility index (Phi) is 5.25. The van der Waals surface area contributed by atoms with Gasteiger partial charge in [0.25, 0.3) is 5.91 Å². The van der Waals surface area contributed by atoms with E-state index in [0.717, 1.165) is 0 Å². The first-order valence-corrected chi connectivity index (χ1v) is 9.84. The molecule has 0 radical (unpaired) electrons. The number of anilines is 1. The molecule has 0 saturated carbocycles. The van der Waals surface area contributed by atoms with Gasteiger partial charge in [-0.1, -0.05) is 30.3 Å². The highest BCUT2D eigenvalue weighted by Gasteiger charge is 2.56. The van der Waals surface area contributed by atoms with E-state index in [9.17, 15) is 14.7 Å². The van der Waals surface area contributed by atoms with Gasteiger partial charge in [-0.2, -0.15) is 0 Å². The summed E-state index contributed by atoms with van der Waals surface area (Å²) in [4.78, 5) is 28.5. The molecule has 1 aliphatic heterocycles. The number of para-hydroxylation sites is 1. The molecule has 0 fully saturated rings. The molecule has 3 aromatic carbocycles. The van der Waals surface area contributed by atoms with E-state index >= 15 is 0 Å². The molecule has 2 atom stereocenters. The number of carbonyl (C=O) groups excluding carboxylic acids is 2. The van der Waals surface area contributed by atoms with Crippen molar-refractivity contribution in [1.29, 1.82) is 0 Å². The van der Waals surface area contributed by atoms with Crippen LogP contribution in [0, 0.1) is 0 Å². The van der Waals surface area contributed by atoms with Gasteiger partial charge < -0.3 is 19.5 Å². The zero-order chi connectivity index (χ0) is 22.2. The number of nitrogens with zero attached hydrogens (tertiary/aromatic N) is 1. The number of methoxy groups -OCH3 is 2. The lowest BCUT2D eigenvalue weighted by Gasteiger charge is -2.31. The molecule has 0 saturated heterocycles. The third kappa shape index (κ3) is 3.25. The SMILES string of the molecule is COc1ccc(C(=O)[C@H](c2ccc(OC)cc2)[C@]2(O)C(=O)N(C)c3ccccc32)cc1. The number of rotatable bonds is 6. The van der Waals surface area contributed by atoms with Crippen LogP contribution in [-0.4, -0.2) is 38.1 Å². The summed E-state index contributed by atoms with van der Waals surface area (Å²) in [6.45, 7) is 0. The summed E-state index contributed by atoms with van der Waals surface area (Å²) < 4.78 is 10.4. The van der Waals surface area contributed by atoms with Crippen LogP contribution in [-0.2, 0) is 10.4 Å². The molecule has 6 nitrogen and oxygen atoms in total. The second-order valence-corrected chi connectivity index (χ2v) is 7.45. The van der Waals surface area contributed by atoms with Crippen molar-refractivity contribution in [3.05, 3.63) is 89.5 Å². The molecule has 158 valence electrons. The lowest BCUT2D eigenvalue weighted by molar-refractivity contribution is -0.137. The van der Waals surface area contributed by atoms with Crippen molar-refractivity contribution in [2.75, 3.05) is 26.2 Å². The average molecular weight is 417 g/mol. The number of ether oxygens (including phenoxy) is 2. The molecule has 0 spiro atoms. The largest absolute Gasteiger partial charge is 0.497 e. The zero-order valence-corrected chi connectivity index (χ0v) is 17.5. The number of Topliss-reactive ketones (excluding diaryl/α,β-unsaturated/α-hetero) is 1. The maximum absolute atomic E-state index is 13.8. The molecule has 31 heavy (non-hydrogen) atoms. The van der Waals surface area contributed by atoms with E-state index in [-0.39, 0.29) is 5.78 Å². The Morgan fingerprint density at radius 1 is 0.903 bits per heavy atom. The summed E-state index contributed by atoms with van der Waals surface area (Å²) in [5.74, 6) is -0.838. The second-order valence-electron chi connectivity index (χ2n) is 7.45. The molecule has 0 aliphatic carbocycles. The van der Waals surface area contributed by atoms with Gasteiger partial charge in [-0.3, -0.25) is 9.59 Å². The Hall–Kier alpha value is -3.64. The van der Waals surface area contributed by atoms with Crippen LogP contribution in [0.5, 0.6) is 11.5 Å². The number of aliphatic hydroxyl groups is 1. The molecule has 0 bridgehead atoms. The van der Waals surface area contributed by atoms with Gasteiger partial charge in [-0.15, -0.1) is 0 Å². The number of hydrogen-bond acceptors (Lipinski definition) is 5. The maximum atomic E-state index is 13.8. The molecule has 4 rings (SSSR count). The summed E-state index contributed by atoms with van der Waals surface area (Å²) in [6.07, 6.45) is 0. The molecule has 1 heterocycles. The van der Waals surface area contributed by atoms with Gasteiger partial charge in [0.2, 0.25) is 0 Å². The number of benzene rings is 3. The lowest BCUT2D eigenvalue weighted by atomic mass is 9.74. The number of hydrogen-bond donors (Lipinski definition) is 1. The van der Waals surface area contributed by atoms with E-state index in [0.29, 0.717) is 33.9 Å². The van der Waals surface area contributed by atoms with Gasteiger partial charge in [0.05, 0.1) is 25.8 Å². The van der Waals surface area contributed by atoms with E-state index in [4.69, 9.17) is 9.47 Å². The first kappa shape index (κ1) is 20.6. The van der Waals surface area contributed by atoms with Crippen LogP contribution in [0.4, 0.5) is 5.69 Å².